The zero-order valence-corrected chi connectivity index (χ0v) is 15.2. The summed E-state index contributed by atoms with van der Waals surface area (Å²) in [4.78, 5) is 12.2. The van der Waals surface area contributed by atoms with Crippen molar-refractivity contribution in [2.75, 3.05) is 20.1 Å². The molecule has 23 heavy (non-hydrogen) atoms. The molecule has 0 aliphatic carbocycles. The van der Waals surface area contributed by atoms with Crippen molar-refractivity contribution in [2.45, 2.75) is 50.8 Å². The van der Waals surface area contributed by atoms with E-state index in [0.717, 1.165) is 32.1 Å². The SMILES string of the molecule is CCCCCNC(=O)c1ccc(S(=O)(=O)N(C)CCCC)cc1. The number of nitrogens with zero attached hydrogens (tertiary/aromatic N) is 1. The fraction of sp³-hybridized carbons (Fsp3) is 0.588. The van der Waals surface area contributed by atoms with Gasteiger partial charge in [-0.15, -0.1) is 0 Å². The van der Waals surface area contributed by atoms with Gasteiger partial charge in [-0.2, -0.15) is 0 Å². The van der Waals surface area contributed by atoms with Crippen molar-refractivity contribution in [3.8, 4) is 0 Å². The number of unbranched alkanes of at least 4 members (excludes halogenated alkanes) is 3. The van der Waals surface area contributed by atoms with Crippen LogP contribution in [0, 0.1) is 0 Å². The van der Waals surface area contributed by atoms with Crippen LogP contribution in [0.4, 0.5) is 0 Å². The molecule has 1 amide bonds. The molecular weight excluding hydrogens is 312 g/mol. The summed E-state index contributed by atoms with van der Waals surface area (Å²) in [7, 11) is -1.89. The molecule has 0 saturated heterocycles. The van der Waals surface area contributed by atoms with Crippen molar-refractivity contribution in [1.29, 1.82) is 0 Å². The van der Waals surface area contributed by atoms with Gasteiger partial charge in [0.05, 0.1) is 4.90 Å². The molecule has 6 heteroatoms. The van der Waals surface area contributed by atoms with E-state index in [0.29, 0.717) is 18.7 Å². The first-order valence-electron chi connectivity index (χ1n) is 8.28. The number of nitrogens with one attached hydrogen (secondary N) is 1. The van der Waals surface area contributed by atoms with Crippen LogP contribution in [0.5, 0.6) is 0 Å². The van der Waals surface area contributed by atoms with E-state index in [1.165, 1.54) is 16.4 Å². The van der Waals surface area contributed by atoms with Crippen molar-refractivity contribution >= 4 is 15.9 Å². The molecule has 0 heterocycles. The molecule has 1 rings (SSSR count). The zero-order chi connectivity index (χ0) is 17.3. The average molecular weight is 340 g/mol. The number of carbonyl (C=O) groups excluding carboxylic acids is 1. The number of benzene rings is 1. The lowest BCUT2D eigenvalue weighted by Crippen LogP contribution is -2.28. The predicted octanol–water partition coefficient (Wildman–Crippen LogP) is 3.03. The Morgan fingerprint density at radius 2 is 1.65 bits per heavy atom. The van der Waals surface area contributed by atoms with Gasteiger partial charge in [0.2, 0.25) is 10.0 Å². The molecule has 0 fully saturated rings. The van der Waals surface area contributed by atoms with Gasteiger partial charge in [-0.3, -0.25) is 4.79 Å². The highest BCUT2D eigenvalue weighted by Gasteiger charge is 2.20. The lowest BCUT2D eigenvalue weighted by atomic mass is 10.2. The lowest BCUT2D eigenvalue weighted by molar-refractivity contribution is 0.0953. The van der Waals surface area contributed by atoms with E-state index in [1.54, 1.807) is 19.2 Å². The minimum atomic E-state index is -3.48. The number of hydrogen-bond donors (Lipinski definition) is 1. The van der Waals surface area contributed by atoms with Gasteiger partial charge in [-0.1, -0.05) is 33.1 Å². The van der Waals surface area contributed by atoms with Crippen molar-refractivity contribution in [3.05, 3.63) is 29.8 Å². The van der Waals surface area contributed by atoms with Crippen molar-refractivity contribution < 1.29 is 13.2 Å². The molecule has 1 aromatic rings. The standard InChI is InChI=1S/C17H28N2O3S/c1-4-6-8-13-18-17(20)15-9-11-16(12-10-15)23(21,22)19(3)14-7-5-2/h9-12H,4-8,13-14H2,1-3H3,(H,18,20). The molecule has 0 bridgehead atoms. The van der Waals surface area contributed by atoms with Crippen molar-refractivity contribution in [3.63, 3.8) is 0 Å². The molecule has 0 radical (unpaired) electrons. The third-order valence-corrected chi connectivity index (χ3v) is 5.59. The Morgan fingerprint density at radius 1 is 1.04 bits per heavy atom. The van der Waals surface area contributed by atoms with Crippen LogP contribution in [0.15, 0.2) is 29.2 Å². The summed E-state index contributed by atoms with van der Waals surface area (Å²) >= 11 is 0. The van der Waals surface area contributed by atoms with Gasteiger partial charge in [-0.25, -0.2) is 12.7 Å². The lowest BCUT2D eigenvalue weighted by Gasteiger charge is -2.17. The third-order valence-electron chi connectivity index (χ3n) is 3.72. The van der Waals surface area contributed by atoms with Crippen LogP contribution in [-0.4, -0.2) is 38.8 Å². The van der Waals surface area contributed by atoms with Crippen LogP contribution in [0.2, 0.25) is 0 Å². The van der Waals surface area contributed by atoms with Crippen LogP contribution < -0.4 is 5.32 Å². The Kier molecular flexibility index (Phi) is 8.26. The fourth-order valence-electron chi connectivity index (χ4n) is 2.14. The Labute approximate surface area is 140 Å². The van der Waals surface area contributed by atoms with E-state index in [1.807, 2.05) is 6.92 Å². The summed E-state index contributed by atoms with van der Waals surface area (Å²) in [5, 5.41) is 2.84. The highest BCUT2D eigenvalue weighted by atomic mass is 32.2. The maximum atomic E-state index is 12.4. The molecule has 130 valence electrons. The molecule has 0 unspecified atom stereocenters. The van der Waals surface area contributed by atoms with Crippen molar-refractivity contribution in [1.82, 2.24) is 9.62 Å². The summed E-state index contributed by atoms with van der Waals surface area (Å²) in [6.07, 6.45) is 4.91. The molecule has 0 aromatic heterocycles. The van der Waals surface area contributed by atoms with Gasteiger partial charge >= 0.3 is 0 Å². The number of hydrogen-bond acceptors (Lipinski definition) is 3. The molecule has 0 aliphatic heterocycles. The van der Waals surface area contributed by atoms with Gasteiger partial charge in [0.25, 0.3) is 5.91 Å². The minimum absolute atomic E-state index is 0.163. The smallest absolute Gasteiger partial charge is 0.251 e. The number of amides is 1. The van der Waals surface area contributed by atoms with Crippen LogP contribution in [0.25, 0.3) is 0 Å². The average Bonchev–Trinajstić information content (AvgIpc) is 2.56. The monoisotopic (exact) mass is 340 g/mol. The van der Waals surface area contributed by atoms with Crippen LogP contribution in [0.3, 0.4) is 0 Å². The second kappa shape index (κ2) is 9.67. The summed E-state index contributed by atoms with van der Waals surface area (Å²) in [6, 6.07) is 6.13. The number of rotatable bonds is 10. The van der Waals surface area contributed by atoms with Crippen LogP contribution >= 0.6 is 0 Å². The fourth-order valence-corrected chi connectivity index (χ4v) is 3.35. The van der Waals surface area contributed by atoms with E-state index in [4.69, 9.17) is 0 Å². The summed E-state index contributed by atoms with van der Waals surface area (Å²) < 4.78 is 26.1. The van der Waals surface area contributed by atoms with Gasteiger partial charge in [0, 0.05) is 25.7 Å². The Morgan fingerprint density at radius 3 is 2.22 bits per heavy atom. The molecule has 0 atom stereocenters. The normalized spacial score (nSPS) is 11.7. The van der Waals surface area contributed by atoms with E-state index in [2.05, 4.69) is 12.2 Å². The number of carbonyl (C=O) groups is 1. The highest BCUT2D eigenvalue weighted by molar-refractivity contribution is 7.89. The maximum absolute atomic E-state index is 12.4. The minimum Gasteiger partial charge on any atom is -0.352 e. The topological polar surface area (TPSA) is 66.5 Å². The summed E-state index contributed by atoms with van der Waals surface area (Å²) in [6.45, 7) is 5.28. The first kappa shape index (κ1) is 19.6. The van der Waals surface area contributed by atoms with E-state index in [9.17, 15) is 13.2 Å². The molecule has 0 spiro atoms. The molecular formula is C17H28N2O3S. The largest absolute Gasteiger partial charge is 0.352 e. The molecule has 1 N–H and O–H groups in total. The number of sulfonamides is 1. The molecule has 0 aliphatic rings. The maximum Gasteiger partial charge on any atom is 0.251 e. The van der Waals surface area contributed by atoms with E-state index < -0.39 is 10.0 Å². The van der Waals surface area contributed by atoms with Gasteiger partial charge in [-0.05, 0) is 37.1 Å². The van der Waals surface area contributed by atoms with Crippen molar-refractivity contribution in [2.24, 2.45) is 0 Å². The van der Waals surface area contributed by atoms with E-state index >= 15 is 0 Å². The molecule has 0 saturated carbocycles. The van der Waals surface area contributed by atoms with Gasteiger partial charge in [0.1, 0.15) is 0 Å². The quantitative estimate of drug-likeness (QED) is 0.666. The molecule has 5 nitrogen and oxygen atoms in total. The van der Waals surface area contributed by atoms with E-state index in [-0.39, 0.29) is 10.8 Å². The van der Waals surface area contributed by atoms with Crippen LogP contribution in [-0.2, 0) is 10.0 Å². The first-order valence-corrected chi connectivity index (χ1v) is 9.72. The summed E-state index contributed by atoms with van der Waals surface area (Å²) in [5.41, 5.74) is 0.483. The first-order chi connectivity index (χ1) is 10.9. The van der Waals surface area contributed by atoms with Crippen LogP contribution in [0.1, 0.15) is 56.3 Å². The zero-order valence-electron chi connectivity index (χ0n) is 14.3. The van der Waals surface area contributed by atoms with Gasteiger partial charge < -0.3 is 5.32 Å². The predicted molar refractivity (Wildman–Crippen MR) is 93.0 cm³/mol. The third kappa shape index (κ3) is 5.95. The van der Waals surface area contributed by atoms with Gasteiger partial charge in [0.15, 0.2) is 0 Å². The second-order valence-electron chi connectivity index (χ2n) is 5.67. The Hall–Kier alpha value is -1.40. The molecule has 1 aromatic carbocycles. The highest BCUT2D eigenvalue weighted by Crippen LogP contribution is 2.15. The Balaban J connectivity index is 2.70. The summed E-state index contributed by atoms with van der Waals surface area (Å²) in [5.74, 6) is -0.163. The second-order valence-corrected chi connectivity index (χ2v) is 7.71. The Bertz CT molecular complexity index is 582.